The van der Waals surface area contributed by atoms with Crippen molar-refractivity contribution in [2.45, 2.75) is 59.3 Å². The Hall–Kier alpha value is -3.52. The molecule has 0 atom stereocenters. The highest BCUT2D eigenvalue weighted by Gasteiger charge is 2.28. The second-order valence-corrected chi connectivity index (χ2v) is 11.8. The normalized spacial score (nSPS) is 12.8. The molecule has 2 aromatic heterocycles. The first-order valence-electron chi connectivity index (χ1n) is 11.7. The van der Waals surface area contributed by atoms with Gasteiger partial charge in [-0.15, -0.1) is 5.10 Å². The van der Waals surface area contributed by atoms with E-state index in [0.717, 1.165) is 28.0 Å². The van der Waals surface area contributed by atoms with Gasteiger partial charge in [0.2, 0.25) is 4.96 Å². The van der Waals surface area contributed by atoms with E-state index >= 15 is 0 Å². The third-order valence-corrected chi connectivity index (χ3v) is 6.76. The molecule has 0 bridgehead atoms. The smallest absolute Gasteiger partial charge is 0.308 e. The summed E-state index contributed by atoms with van der Waals surface area (Å²) in [5.41, 5.74) is 2.69. The number of benzene rings is 2. The highest BCUT2D eigenvalue weighted by atomic mass is 32.1. The van der Waals surface area contributed by atoms with Gasteiger partial charge in [0.15, 0.2) is 5.82 Å². The fourth-order valence-electron chi connectivity index (χ4n) is 3.95. The van der Waals surface area contributed by atoms with Crippen molar-refractivity contribution in [3.8, 4) is 22.9 Å². The maximum atomic E-state index is 13.2. The molecule has 188 valence electrons. The molecule has 0 saturated heterocycles. The quantitative estimate of drug-likeness (QED) is 0.290. The summed E-state index contributed by atoms with van der Waals surface area (Å²) in [6.45, 7) is 13.9. The monoisotopic (exact) mass is 505 g/mol. The topological polar surface area (TPSA) is 82.8 Å². The summed E-state index contributed by atoms with van der Waals surface area (Å²) < 4.78 is 12.8. The number of hydrogen-bond donors (Lipinski definition) is 0. The zero-order valence-corrected chi connectivity index (χ0v) is 22.7. The van der Waals surface area contributed by atoms with Crippen LogP contribution >= 0.6 is 11.3 Å². The van der Waals surface area contributed by atoms with Gasteiger partial charge in [0.05, 0.1) is 11.6 Å². The number of carbonyl (C=O) groups excluding carboxylic acids is 1. The van der Waals surface area contributed by atoms with Gasteiger partial charge in [-0.1, -0.05) is 52.9 Å². The van der Waals surface area contributed by atoms with Gasteiger partial charge in [0, 0.05) is 23.6 Å². The Labute approximate surface area is 214 Å². The van der Waals surface area contributed by atoms with Crippen LogP contribution in [0.4, 0.5) is 0 Å². The van der Waals surface area contributed by atoms with Crippen LogP contribution < -0.4 is 19.6 Å². The molecule has 0 N–H and O–H groups in total. The Morgan fingerprint density at radius 2 is 1.58 bits per heavy atom. The minimum Gasteiger partial charge on any atom is -0.497 e. The summed E-state index contributed by atoms with van der Waals surface area (Å²) >= 11 is 1.29. The average molecular weight is 506 g/mol. The maximum absolute atomic E-state index is 13.2. The summed E-state index contributed by atoms with van der Waals surface area (Å²) in [7, 11) is 1.61. The van der Waals surface area contributed by atoms with E-state index in [1.54, 1.807) is 7.11 Å². The lowest BCUT2D eigenvalue weighted by Gasteiger charge is -2.29. The lowest BCUT2D eigenvalue weighted by molar-refractivity contribution is -0.132. The first-order valence-corrected chi connectivity index (χ1v) is 12.5. The van der Waals surface area contributed by atoms with Gasteiger partial charge in [0.1, 0.15) is 11.5 Å². The molecule has 4 aromatic rings. The number of methoxy groups -OCH3 is 1. The summed E-state index contributed by atoms with van der Waals surface area (Å²) in [4.78, 5) is 30.2. The number of fused-ring (bicyclic) bond motifs is 1. The third-order valence-electron chi connectivity index (χ3n) is 5.80. The summed E-state index contributed by atoms with van der Waals surface area (Å²) in [5, 5.41) is 4.45. The maximum Gasteiger partial charge on any atom is 0.308 e. The predicted octanol–water partition coefficient (Wildman–Crippen LogP) is 4.89. The molecule has 36 heavy (non-hydrogen) atoms. The largest absolute Gasteiger partial charge is 0.497 e. The van der Waals surface area contributed by atoms with E-state index in [1.165, 1.54) is 22.8 Å². The second-order valence-electron chi connectivity index (χ2n) is 10.8. The summed E-state index contributed by atoms with van der Waals surface area (Å²) in [6, 6.07) is 11.4. The van der Waals surface area contributed by atoms with Crippen LogP contribution in [0, 0.1) is 0 Å². The number of thiazole rings is 1. The first-order chi connectivity index (χ1) is 16.8. The number of esters is 1. The summed E-state index contributed by atoms with van der Waals surface area (Å²) in [6.07, 6.45) is 1.86. The molecule has 0 aliphatic heterocycles. The van der Waals surface area contributed by atoms with Gasteiger partial charge in [-0.25, -0.2) is 0 Å². The number of ether oxygens (including phenoxy) is 2. The zero-order valence-electron chi connectivity index (χ0n) is 21.9. The molecule has 0 amide bonds. The molecule has 2 aromatic carbocycles. The Morgan fingerprint density at radius 1 is 1.00 bits per heavy atom. The first kappa shape index (κ1) is 25.6. The van der Waals surface area contributed by atoms with Gasteiger partial charge >= 0.3 is 5.97 Å². The van der Waals surface area contributed by atoms with Gasteiger partial charge in [-0.3, -0.25) is 9.59 Å². The molecular weight excluding hydrogens is 474 g/mol. The lowest BCUT2D eigenvalue weighted by atomic mass is 9.78. The number of aromatic nitrogens is 3. The molecule has 0 spiro atoms. The van der Waals surface area contributed by atoms with E-state index in [4.69, 9.17) is 9.47 Å². The third kappa shape index (κ3) is 5.04. The van der Waals surface area contributed by atoms with Crippen LogP contribution in [-0.4, -0.2) is 27.7 Å². The van der Waals surface area contributed by atoms with Crippen LogP contribution in [0.15, 0.2) is 41.2 Å². The standard InChI is InChI=1S/C28H31N3O4S/c1-16(32)35-23-20(27(2,3)4)13-17(14-21(23)28(5,6)7)15-22-25(33)31-26(36-22)29-24(30-31)18-9-11-19(34-8)12-10-18/h9-15H,1-8H3/b22-15-. The molecule has 0 aliphatic rings. The molecule has 4 rings (SSSR count). The van der Waals surface area contributed by atoms with Gasteiger partial charge in [-0.2, -0.15) is 9.50 Å². The zero-order chi connectivity index (χ0) is 26.4. The fraction of sp³-hybridized carbons (Fsp3) is 0.357. The Balaban J connectivity index is 1.86. The number of carbonyl (C=O) groups is 1. The van der Waals surface area contributed by atoms with Crippen molar-refractivity contribution in [3.05, 3.63) is 68.0 Å². The van der Waals surface area contributed by atoms with E-state index < -0.39 is 0 Å². The molecule has 0 fully saturated rings. The SMILES string of the molecule is COc1ccc(-c2nc3s/c(=C\c4cc(C(C)(C)C)c(OC(C)=O)c(C(C)(C)C)c4)c(=O)n3n2)cc1. The summed E-state index contributed by atoms with van der Waals surface area (Å²) in [5.74, 6) is 1.46. The minimum atomic E-state index is -0.359. The number of rotatable bonds is 4. The van der Waals surface area contributed by atoms with E-state index in [-0.39, 0.29) is 22.4 Å². The van der Waals surface area contributed by atoms with Crippen molar-refractivity contribution in [2.24, 2.45) is 0 Å². The Morgan fingerprint density at radius 3 is 2.06 bits per heavy atom. The van der Waals surface area contributed by atoms with Crippen molar-refractivity contribution in [3.63, 3.8) is 0 Å². The van der Waals surface area contributed by atoms with Crippen LogP contribution in [0.3, 0.4) is 0 Å². The van der Waals surface area contributed by atoms with E-state index in [0.29, 0.717) is 21.1 Å². The highest BCUT2D eigenvalue weighted by Crippen LogP contribution is 2.41. The molecule has 7 nitrogen and oxygen atoms in total. The van der Waals surface area contributed by atoms with Gasteiger partial charge < -0.3 is 9.47 Å². The van der Waals surface area contributed by atoms with Gasteiger partial charge in [-0.05, 0) is 58.9 Å². The second kappa shape index (κ2) is 9.17. The molecule has 2 heterocycles. The van der Waals surface area contributed by atoms with Crippen molar-refractivity contribution in [1.82, 2.24) is 14.6 Å². The van der Waals surface area contributed by atoms with Crippen LogP contribution in [-0.2, 0) is 15.6 Å². The molecule has 0 aliphatic carbocycles. The molecule has 0 radical (unpaired) electrons. The van der Waals surface area contributed by atoms with Crippen LogP contribution in [0.5, 0.6) is 11.5 Å². The molecule has 0 saturated carbocycles. The van der Waals surface area contributed by atoms with Crippen molar-refractivity contribution >= 4 is 28.3 Å². The van der Waals surface area contributed by atoms with Crippen LogP contribution in [0.25, 0.3) is 22.4 Å². The van der Waals surface area contributed by atoms with Gasteiger partial charge in [0.25, 0.3) is 5.56 Å². The lowest BCUT2D eigenvalue weighted by Crippen LogP contribution is -2.24. The van der Waals surface area contributed by atoms with E-state index in [2.05, 4.69) is 51.6 Å². The number of nitrogens with zero attached hydrogens (tertiary/aromatic N) is 3. The van der Waals surface area contributed by atoms with Crippen LogP contribution in [0.1, 0.15) is 65.2 Å². The van der Waals surface area contributed by atoms with Crippen LogP contribution in [0.2, 0.25) is 0 Å². The molecule has 8 heteroatoms. The molecule has 0 unspecified atom stereocenters. The van der Waals surface area contributed by atoms with Crippen molar-refractivity contribution in [1.29, 1.82) is 0 Å². The fourth-order valence-corrected chi connectivity index (χ4v) is 4.86. The Bertz CT molecular complexity index is 1520. The minimum absolute atomic E-state index is 0.221. The Kier molecular flexibility index (Phi) is 6.51. The van der Waals surface area contributed by atoms with E-state index in [1.807, 2.05) is 42.5 Å². The van der Waals surface area contributed by atoms with E-state index in [9.17, 15) is 9.59 Å². The number of hydrogen-bond acceptors (Lipinski definition) is 7. The highest BCUT2D eigenvalue weighted by molar-refractivity contribution is 7.15. The van der Waals surface area contributed by atoms with Crippen molar-refractivity contribution < 1.29 is 14.3 Å². The van der Waals surface area contributed by atoms with Crippen molar-refractivity contribution in [2.75, 3.05) is 7.11 Å². The predicted molar refractivity (Wildman–Crippen MR) is 143 cm³/mol. The molecular formula is C28H31N3O4S. The average Bonchev–Trinajstić information content (AvgIpc) is 3.32.